The van der Waals surface area contributed by atoms with Crippen LogP contribution in [0.15, 0.2) is 24.3 Å². The first-order valence-electron chi connectivity index (χ1n) is 6.91. The summed E-state index contributed by atoms with van der Waals surface area (Å²) in [6, 6.07) is 7.23. The summed E-state index contributed by atoms with van der Waals surface area (Å²) in [4.78, 5) is 19.3. The molecule has 2 rings (SSSR count). The summed E-state index contributed by atoms with van der Waals surface area (Å²) in [5.41, 5.74) is 1.23. The Bertz CT molecular complexity index is 583. The summed E-state index contributed by atoms with van der Waals surface area (Å²) in [6.07, 6.45) is -0.137. The standard InChI is InChI=1S/C15H21N3O3/c1-15(2,3)21-14(20)16-10(9-19)8-13-17-11-6-4-5-7-12(11)18-13/h4-7,10,19H,8-9H2,1-3H3,(H,16,20)(H,17,18). The molecule has 1 heterocycles. The molecule has 1 unspecified atom stereocenters. The Morgan fingerprint density at radius 1 is 1.43 bits per heavy atom. The van der Waals surface area contributed by atoms with Gasteiger partial charge in [-0.25, -0.2) is 9.78 Å². The average Bonchev–Trinajstić information content (AvgIpc) is 2.77. The number of aliphatic hydroxyl groups is 1. The molecule has 3 N–H and O–H groups in total. The molecule has 0 saturated carbocycles. The van der Waals surface area contributed by atoms with Gasteiger partial charge in [-0.3, -0.25) is 0 Å². The van der Waals surface area contributed by atoms with Gasteiger partial charge >= 0.3 is 6.09 Å². The number of para-hydroxylation sites is 2. The number of ether oxygens (including phenoxy) is 1. The van der Waals surface area contributed by atoms with E-state index in [2.05, 4.69) is 15.3 Å². The number of aromatic amines is 1. The monoisotopic (exact) mass is 291 g/mol. The van der Waals surface area contributed by atoms with Gasteiger partial charge in [-0.15, -0.1) is 0 Å². The zero-order valence-electron chi connectivity index (χ0n) is 12.5. The van der Waals surface area contributed by atoms with E-state index in [1.807, 2.05) is 24.3 Å². The summed E-state index contributed by atoms with van der Waals surface area (Å²) < 4.78 is 5.17. The van der Waals surface area contributed by atoms with Crippen LogP contribution in [0.5, 0.6) is 0 Å². The fourth-order valence-electron chi connectivity index (χ4n) is 1.97. The molecule has 1 atom stereocenters. The van der Waals surface area contributed by atoms with E-state index < -0.39 is 17.7 Å². The van der Waals surface area contributed by atoms with E-state index in [0.29, 0.717) is 12.2 Å². The maximum atomic E-state index is 11.7. The Balaban J connectivity index is 2.00. The number of nitrogens with one attached hydrogen (secondary N) is 2. The van der Waals surface area contributed by atoms with Gasteiger partial charge in [0.05, 0.1) is 23.7 Å². The number of rotatable bonds is 4. The molecule has 0 radical (unpaired) electrons. The summed E-state index contributed by atoms with van der Waals surface area (Å²) in [5, 5.41) is 12.0. The molecule has 114 valence electrons. The number of carbonyl (C=O) groups excluding carboxylic acids is 1. The predicted octanol–water partition coefficient (Wildman–Crippen LogP) is 1.99. The molecular weight excluding hydrogens is 270 g/mol. The Kier molecular flexibility index (Phi) is 4.47. The van der Waals surface area contributed by atoms with Gasteiger partial charge in [0.15, 0.2) is 0 Å². The smallest absolute Gasteiger partial charge is 0.407 e. The minimum Gasteiger partial charge on any atom is -0.444 e. The van der Waals surface area contributed by atoms with Crippen molar-refractivity contribution in [3.05, 3.63) is 30.1 Å². The maximum absolute atomic E-state index is 11.7. The molecular formula is C15H21N3O3. The van der Waals surface area contributed by atoms with Gasteiger partial charge in [-0.05, 0) is 32.9 Å². The second-order valence-electron chi connectivity index (χ2n) is 5.93. The van der Waals surface area contributed by atoms with Crippen molar-refractivity contribution < 1.29 is 14.6 Å². The average molecular weight is 291 g/mol. The fourth-order valence-corrected chi connectivity index (χ4v) is 1.97. The Morgan fingerprint density at radius 3 is 2.76 bits per heavy atom. The number of H-pyrrole nitrogens is 1. The molecule has 0 bridgehead atoms. The minimum absolute atomic E-state index is 0.184. The summed E-state index contributed by atoms with van der Waals surface area (Å²) >= 11 is 0. The summed E-state index contributed by atoms with van der Waals surface area (Å²) in [5.74, 6) is 0.714. The molecule has 0 saturated heterocycles. The lowest BCUT2D eigenvalue weighted by molar-refractivity contribution is 0.0482. The van der Waals surface area contributed by atoms with Crippen LogP contribution < -0.4 is 5.32 Å². The van der Waals surface area contributed by atoms with Crippen LogP contribution in [0.3, 0.4) is 0 Å². The third-order valence-corrected chi connectivity index (χ3v) is 2.82. The molecule has 2 aromatic rings. The van der Waals surface area contributed by atoms with Crippen LogP contribution in [0.4, 0.5) is 4.79 Å². The van der Waals surface area contributed by atoms with Gasteiger partial charge in [0.25, 0.3) is 0 Å². The molecule has 0 spiro atoms. The van der Waals surface area contributed by atoms with E-state index >= 15 is 0 Å². The zero-order chi connectivity index (χ0) is 15.5. The number of alkyl carbamates (subject to hydrolysis) is 1. The SMILES string of the molecule is CC(C)(C)OC(=O)NC(CO)Cc1nc2ccccc2[nH]1. The Morgan fingerprint density at radius 2 is 2.14 bits per heavy atom. The van der Waals surface area contributed by atoms with E-state index in [0.717, 1.165) is 11.0 Å². The third-order valence-electron chi connectivity index (χ3n) is 2.82. The number of benzene rings is 1. The second-order valence-corrected chi connectivity index (χ2v) is 5.93. The van der Waals surface area contributed by atoms with Crippen LogP contribution in [0.25, 0.3) is 11.0 Å². The van der Waals surface area contributed by atoms with Crippen molar-refractivity contribution >= 4 is 17.1 Å². The molecule has 6 nitrogen and oxygen atoms in total. The highest BCUT2D eigenvalue weighted by Crippen LogP contribution is 2.12. The predicted molar refractivity (Wildman–Crippen MR) is 80.0 cm³/mol. The van der Waals surface area contributed by atoms with Gasteiger partial charge in [-0.2, -0.15) is 0 Å². The number of hydrogen-bond donors (Lipinski definition) is 3. The minimum atomic E-state index is -0.566. The van der Waals surface area contributed by atoms with Crippen LogP contribution in [0, 0.1) is 0 Å². The zero-order valence-corrected chi connectivity index (χ0v) is 12.5. The highest BCUT2D eigenvalue weighted by molar-refractivity contribution is 5.74. The molecule has 21 heavy (non-hydrogen) atoms. The molecule has 1 aromatic heterocycles. The van der Waals surface area contributed by atoms with Gasteiger partial charge < -0.3 is 20.1 Å². The van der Waals surface area contributed by atoms with E-state index in [4.69, 9.17) is 4.74 Å². The number of amides is 1. The van der Waals surface area contributed by atoms with E-state index in [1.165, 1.54) is 0 Å². The van der Waals surface area contributed by atoms with E-state index in [9.17, 15) is 9.90 Å². The Labute approximate surface area is 123 Å². The second kappa shape index (κ2) is 6.13. The lowest BCUT2D eigenvalue weighted by Crippen LogP contribution is -2.42. The van der Waals surface area contributed by atoms with Crippen molar-refractivity contribution in [3.8, 4) is 0 Å². The highest BCUT2D eigenvalue weighted by atomic mass is 16.6. The lowest BCUT2D eigenvalue weighted by Gasteiger charge is -2.22. The van der Waals surface area contributed by atoms with Crippen molar-refractivity contribution in [1.29, 1.82) is 0 Å². The number of fused-ring (bicyclic) bond motifs is 1. The maximum Gasteiger partial charge on any atom is 0.407 e. The number of aliphatic hydroxyl groups excluding tert-OH is 1. The van der Waals surface area contributed by atoms with Crippen LogP contribution in [-0.4, -0.2) is 39.4 Å². The van der Waals surface area contributed by atoms with Crippen molar-refractivity contribution in [2.45, 2.75) is 38.8 Å². The van der Waals surface area contributed by atoms with Gasteiger partial charge in [0.1, 0.15) is 11.4 Å². The topological polar surface area (TPSA) is 87.2 Å². The van der Waals surface area contributed by atoms with Crippen molar-refractivity contribution in [2.75, 3.05) is 6.61 Å². The van der Waals surface area contributed by atoms with Crippen LogP contribution in [0.1, 0.15) is 26.6 Å². The number of hydrogen-bond acceptors (Lipinski definition) is 4. The first kappa shape index (κ1) is 15.3. The first-order chi connectivity index (χ1) is 9.87. The Hall–Kier alpha value is -2.08. The van der Waals surface area contributed by atoms with Crippen molar-refractivity contribution in [1.82, 2.24) is 15.3 Å². The normalized spacial score (nSPS) is 13.1. The quantitative estimate of drug-likeness (QED) is 0.804. The van der Waals surface area contributed by atoms with Gasteiger partial charge in [-0.1, -0.05) is 12.1 Å². The van der Waals surface area contributed by atoms with Crippen LogP contribution in [-0.2, 0) is 11.2 Å². The number of nitrogens with zero attached hydrogens (tertiary/aromatic N) is 1. The highest BCUT2D eigenvalue weighted by Gasteiger charge is 2.20. The fraction of sp³-hybridized carbons (Fsp3) is 0.467. The molecule has 0 aliphatic heterocycles. The molecule has 0 aliphatic carbocycles. The van der Waals surface area contributed by atoms with Crippen LogP contribution in [0.2, 0.25) is 0 Å². The summed E-state index contributed by atoms with van der Waals surface area (Å²) in [6.45, 7) is 5.19. The van der Waals surface area contributed by atoms with Crippen LogP contribution >= 0.6 is 0 Å². The van der Waals surface area contributed by atoms with Gasteiger partial charge in [0.2, 0.25) is 0 Å². The molecule has 1 aromatic carbocycles. The number of carbonyl (C=O) groups is 1. The first-order valence-corrected chi connectivity index (χ1v) is 6.91. The van der Waals surface area contributed by atoms with Crippen molar-refractivity contribution in [2.24, 2.45) is 0 Å². The van der Waals surface area contributed by atoms with E-state index in [-0.39, 0.29) is 6.61 Å². The molecule has 0 fully saturated rings. The van der Waals surface area contributed by atoms with E-state index in [1.54, 1.807) is 20.8 Å². The van der Waals surface area contributed by atoms with Gasteiger partial charge in [0, 0.05) is 6.42 Å². The summed E-state index contributed by atoms with van der Waals surface area (Å²) in [7, 11) is 0. The largest absolute Gasteiger partial charge is 0.444 e. The van der Waals surface area contributed by atoms with Crippen molar-refractivity contribution in [3.63, 3.8) is 0 Å². The number of imidazole rings is 1. The number of aromatic nitrogens is 2. The molecule has 0 aliphatic rings. The molecule has 6 heteroatoms. The lowest BCUT2D eigenvalue weighted by atomic mass is 10.2. The molecule has 1 amide bonds. The third kappa shape index (κ3) is 4.46.